The van der Waals surface area contributed by atoms with E-state index in [2.05, 4.69) is 15.8 Å². The summed E-state index contributed by atoms with van der Waals surface area (Å²) in [6.07, 6.45) is -0.0548. The minimum atomic E-state index is -0.576. The predicted octanol–water partition coefficient (Wildman–Crippen LogP) is 3.10. The van der Waals surface area contributed by atoms with Crippen molar-refractivity contribution >= 4 is 23.2 Å². The zero-order valence-electron chi connectivity index (χ0n) is 12.8. The van der Waals surface area contributed by atoms with E-state index in [1.54, 1.807) is 6.92 Å². The highest BCUT2D eigenvalue weighted by molar-refractivity contribution is 6.06. The van der Waals surface area contributed by atoms with Crippen LogP contribution in [0.25, 0.3) is 0 Å². The van der Waals surface area contributed by atoms with E-state index in [0.717, 1.165) is 6.07 Å². The van der Waals surface area contributed by atoms with Gasteiger partial charge in [-0.25, -0.2) is 14.2 Å². The second-order valence-electron chi connectivity index (χ2n) is 5.03. The number of nitrogens with zero attached hydrogens (tertiary/aromatic N) is 1. The fraction of sp³-hybridized carbons (Fsp3) is 0.118. The summed E-state index contributed by atoms with van der Waals surface area (Å²) in [6, 6.07) is 10.5. The molecule has 0 bridgehead atoms. The van der Waals surface area contributed by atoms with Crippen molar-refractivity contribution in [1.29, 1.82) is 0 Å². The fourth-order valence-electron chi connectivity index (χ4n) is 1.85. The van der Waals surface area contributed by atoms with Crippen molar-refractivity contribution in [2.75, 3.05) is 5.32 Å². The zero-order valence-corrected chi connectivity index (χ0v) is 12.8. The summed E-state index contributed by atoms with van der Waals surface area (Å²) < 4.78 is 25.8. The number of amides is 2. The third-order valence-corrected chi connectivity index (χ3v) is 2.98. The normalized spacial score (nSPS) is 11.0. The molecule has 0 aliphatic carbocycles. The van der Waals surface area contributed by atoms with E-state index in [4.69, 9.17) is 0 Å². The number of halogens is 2. The molecule has 0 saturated carbocycles. The molecule has 0 aromatic heterocycles. The second-order valence-corrected chi connectivity index (χ2v) is 5.03. The number of nitrogens with one attached hydrogen (secondary N) is 2. The number of carbonyl (C=O) groups is 2. The monoisotopic (exact) mass is 331 g/mol. The van der Waals surface area contributed by atoms with Crippen LogP contribution in [0, 0.1) is 11.6 Å². The molecule has 5 nitrogen and oxygen atoms in total. The van der Waals surface area contributed by atoms with Gasteiger partial charge in [-0.3, -0.25) is 9.59 Å². The van der Waals surface area contributed by atoms with Crippen molar-refractivity contribution in [2.24, 2.45) is 5.10 Å². The van der Waals surface area contributed by atoms with Gasteiger partial charge in [0.2, 0.25) is 5.91 Å². The molecule has 7 heteroatoms. The van der Waals surface area contributed by atoms with E-state index in [1.165, 1.54) is 42.5 Å². The van der Waals surface area contributed by atoms with E-state index >= 15 is 0 Å². The maximum Gasteiger partial charge on any atom is 0.271 e. The lowest BCUT2D eigenvalue weighted by atomic mass is 10.2. The summed E-state index contributed by atoms with van der Waals surface area (Å²) >= 11 is 0. The molecular formula is C17H15F2N3O2. The molecule has 0 atom stereocenters. The Kier molecular flexibility index (Phi) is 5.73. The molecule has 24 heavy (non-hydrogen) atoms. The number of hydrogen-bond donors (Lipinski definition) is 2. The Bertz CT molecular complexity index is 774. The average Bonchev–Trinajstić information content (AvgIpc) is 2.54. The van der Waals surface area contributed by atoms with Crippen LogP contribution in [0.15, 0.2) is 53.6 Å². The van der Waals surface area contributed by atoms with Crippen LogP contribution in [0.2, 0.25) is 0 Å². The maximum atomic E-state index is 13.0. The standard InChI is InChI=1S/C17H15F2N3O2/c1-11(9-16(23)20-15-7-5-13(18)6-8-15)21-22-17(24)12-3-2-4-14(19)10-12/h2-8,10H,9H2,1H3,(H,20,23)(H,22,24)/b21-11+. The summed E-state index contributed by atoms with van der Waals surface area (Å²) in [5.41, 5.74) is 3.20. The molecule has 0 aliphatic rings. The van der Waals surface area contributed by atoms with Gasteiger partial charge in [0.15, 0.2) is 0 Å². The minimum absolute atomic E-state index is 0.0548. The molecule has 0 unspecified atom stereocenters. The number of carbonyl (C=O) groups excluding carboxylic acids is 2. The maximum absolute atomic E-state index is 13.0. The summed E-state index contributed by atoms with van der Waals surface area (Å²) in [6.45, 7) is 1.57. The topological polar surface area (TPSA) is 70.6 Å². The number of hydrogen-bond acceptors (Lipinski definition) is 3. The Morgan fingerprint density at radius 1 is 1.04 bits per heavy atom. The molecule has 0 fully saturated rings. The highest BCUT2D eigenvalue weighted by Crippen LogP contribution is 2.08. The van der Waals surface area contributed by atoms with Crippen molar-refractivity contribution in [3.05, 3.63) is 65.7 Å². The molecule has 0 saturated heterocycles. The van der Waals surface area contributed by atoms with E-state index in [0.29, 0.717) is 11.4 Å². The van der Waals surface area contributed by atoms with Crippen molar-refractivity contribution in [1.82, 2.24) is 5.43 Å². The van der Waals surface area contributed by atoms with Crippen LogP contribution in [-0.4, -0.2) is 17.5 Å². The van der Waals surface area contributed by atoms with Crippen molar-refractivity contribution < 1.29 is 18.4 Å². The van der Waals surface area contributed by atoms with Gasteiger partial charge in [-0.2, -0.15) is 5.10 Å². The average molecular weight is 331 g/mol. The lowest BCUT2D eigenvalue weighted by Gasteiger charge is -2.05. The number of benzene rings is 2. The molecule has 0 radical (unpaired) electrons. The van der Waals surface area contributed by atoms with Gasteiger partial charge in [-0.05, 0) is 49.4 Å². The fourth-order valence-corrected chi connectivity index (χ4v) is 1.85. The molecule has 2 aromatic carbocycles. The van der Waals surface area contributed by atoms with Crippen molar-refractivity contribution in [2.45, 2.75) is 13.3 Å². The summed E-state index contributed by atoms with van der Waals surface area (Å²) in [5, 5.41) is 6.38. The first kappa shape index (κ1) is 17.3. The number of rotatable bonds is 5. The highest BCUT2D eigenvalue weighted by Gasteiger charge is 2.08. The van der Waals surface area contributed by atoms with E-state index in [9.17, 15) is 18.4 Å². The van der Waals surface area contributed by atoms with Gasteiger partial charge in [0.25, 0.3) is 5.91 Å². The van der Waals surface area contributed by atoms with Crippen LogP contribution in [-0.2, 0) is 4.79 Å². The first-order valence-electron chi connectivity index (χ1n) is 7.08. The lowest BCUT2D eigenvalue weighted by molar-refractivity contribution is -0.115. The third kappa shape index (κ3) is 5.28. The Morgan fingerprint density at radius 2 is 1.75 bits per heavy atom. The molecule has 2 rings (SSSR count). The Balaban J connectivity index is 1.87. The van der Waals surface area contributed by atoms with Crippen LogP contribution < -0.4 is 10.7 Å². The van der Waals surface area contributed by atoms with Crippen molar-refractivity contribution in [3.8, 4) is 0 Å². The first-order chi connectivity index (χ1) is 11.4. The third-order valence-electron chi connectivity index (χ3n) is 2.98. The molecule has 124 valence electrons. The quantitative estimate of drug-likeness (QED) is 0.653. The van der Waals surface area contributed by atoms with Crippen LogP contribution in [0.1, 0.15) is 23.7 Å². The molecule has 0 aliphatic heterocycles. The van der Waals surface area contributed by atoms with E-state index in [1.807, 2.05) is 0 Å². The molecule has 0 spiro atoms. The Hall–Kier alpha value is -3.09. The zero-order chi connectivity index (χ0) is 17.5. The molecule has 0 heterocycles. The highest BCUT2D eigenvalue weighted by atomic mass is 19.1. The lowest BCUT2D eigenvalue weighted by Crippen LogP contribution is -2.21. The van der Waals surface area contributed by atoms with Gasteiger partial charge in [-0.15, -0.1) is 0 Å². The predicted molar refractivity (Wildman–Crippen MR) is 86.6 cm³/mol. The second kappa shape index (κ2) is 7.96. The van der Waals surface area contributed by atoms with Gasteiger partial charge in [0, 0.05) is 17.0 Å². The molecule has 2 aromatic rings. The smallest absolute Gasteiger partial charge is 0.271 e. The van der Waals surface area contributed by atoms with Gasteiger partial charge in [0.1, 0.15) is 11.6 Å². The van der Waals surface area contributed by atoms with Gasteiger partial charge >= 0.3 is 0 Å². The Labute approximate surface area is 137 Å². The number of hydrazone groups is 1. The largest absolute Gasteiger partial charge is 0.326 e. The van der Waals surface area contributed by atoms with E-state index < -0.39 is 17.5 Å². The van der Waals surface area contributed by atoms with Gasteiger partial charge in [-0.1, -0.05) is 6.07 Å². The summed E-state index contributed by atoms with van der Waals surface area (Å²) in [7, 11) is 0. The first-order valence-corrected chi connectivity index (χ1v) is 7.08. The molecule has 2 N–H and O–H groups in total. The van der Waals surface area contributed by atoms with Crippen LogP contribution in [0.4, 0.5) is 14.5 Å². The molecular weight excluding hydrogens is 316 g/mol. The number of anilines is 1. The van der Waals surface area contributed by atoms with Gasteiger partial charge < -0.3 is 5.32 Å². The van der Waals surface area contributed by atoms with Gasteiger partial charge in [0.05, 0.1) is 6.42 Å². The van der Waals surface area contributed by atoms with Crippen LogP contribution >= 0.6 is 0 Å². The summed E-state index contributed by atoms with van der Waals surface area (Å²) in [4.78, 5) is 23.6. The van der Waals surface area contributed by atoms with E-state index in [-0.39, 0.29) is 17.9 Å². The SMILES string of the molecule is C/C(CC(=O)Nc1ccc(F)cc1)=N\NC(=O)c1cccc(F)c1. The minimum Gasteiger partial charge on any atom is -0.326 e. The molecule has 2 amide bonds. The van der Waals surface area contributed by atoms with Crippen LogP contribution in [0.5, 0.6) is 0 Å². The van der Waals surface area contributed by atoms with Crippen LogP contribution in [0.3, 0.4) is 0 Å². The summed E-state index contributed by atoms with van der Waals surface area (Å²) in [5.74, 6) is -1.86. The van der Waals surface area contributed by atoms with Crippen molar-refractivity contribution in [3.63, 3.8) is 0 Å². The Morgan fingerprint density at radius 3 is 2.42 bits per heavy atom.